The van der Waals surface area contributed by atoms with Crippen LogP contribution >= 0.6 is 0 Å². The first-order chi connectivity index (χ1) is 12.8. The Morgan fingerprint density at radius 3 is 2.08 bits per heavy atom. The summed E-state index contributed by atoms with van der Waals surface area (Å²) in [5.74, 6) is 2.28. The lowest BCUT2D eigenvalue weighted by Gasteiger charge is -2.12. The molecule has 0 fully saturated rings. The SMILES string of the molecule is O[S+]1CCc2cc(OCc3ccccc3)cc(OCc3ccccc3)c21. The molecule has 1 atom stereocenters. The van der Waals surface area contributed by atoms with Crippen LogP contribution in [0.5, 0.6) is 11.5 Å². The van der Waals surface area contributed by atoms with Crippen molar-refractivity contribution < 1.29 is 14.0 Å². The number of benzene rings is 3. The average molecular weight is 365 g/mol. The molecule has 0 aromatic heterocycles. The van der Waals surface area contributed by atoms with Crippen LogP contribution in [-0.2, 0) is 30.8 Å². The summed E-state index contributed by atoms with van der Waals surface area (Å²) in [5.41, 5.74) is 3.36. The van der Waals surface area contributed by atoms with Gasteiger partial charge in [-0.1, -0.05) is 60.7 Å². The van der Waals surface area contributed by atoms with Crippen LogP contribution in [0, 0.1) is 0 Å². The van der Waals surface area contributed by atoms with Gasteiger partial charge in [0.2, 0.25) is 4.90 Å². The summed E-state index contributed by atoms with van der Waals surface area (Å²) in [4.78, 5) is 0.938. The fraction of sp³-hybridized carbons (Fsp3) is 0.182. The van der Waals surface area contributed by atoms with E-state index in [1.807, 2.05) is 72.8 Å². The van der Waals surface area contributed by atoms with E-state index in [4.69, 9.17) is 9.47 Å². The average Bonchev–Trinajstić information content (AvgIpc) is 3.07. The maximum absolute atomic E-state index is 10.4. The van der Waals surface area contributed by atoms with Gasteiger partial charge in [0.25, 0.3) is 0 Å². The third kappa shape index (κ3) is 3.87. The summed E-state index contributed by atoms with van der Waals surface area (Å²) >= 11 is -0.746. The molecular weight excluding hydrogens is 344 g/mol. The Bertz CT molecular complexity index is 865. The fourth-order valence-electron chi connectivity index (χ4n) is 3.06. The molecule has 0 radical (unpaired) electrons. The molecule has 0 saturated carbocycles. The minimum Gasteiger partial charge on any atom is -0.489 e. The van der Waals surface area contributed by atoms with Gasteiger partial charge in [0.1, 0.15) is 19.0 Å². The molecule has 0 bridgehead atoms. The second-order valence-corrected chi connectivity index (χ2v) is 7.82. The zero-order valence-corrected chi connectivity index (χ0v) is 15.2. The molecule has 4 heteroatoms. The summed E-state index contributed by atoms with van der Waals surface area (Å²) in [6.07, 6.45) is 0.860. The minimum atomic E-state index is -0.746. The van der Waals surface area contributed by atoms with E-state index in [-0.39, 0.29) is 0 Å². The number of rotatable bonds is 6. The van der Waals surface area contributed by atoms with Gasteiger partial charge in [-0.15, -0.1) is 0 Å². The molecule has 0 spiro atoms. The Balaban J connectivity index is 1.54. The molecule has 1 N–H and O–H groups in total. The van der Waals surface area contributed by atoms with Crippen molar-refractivity contribution in [2.75, 3.05) is 5.75 Å². The second-order valence-electron chi connectivity index (χ2n) is 6.28. The van der Waals surface area contributed by atoms with Crippen molar-refractivity contribution in [3.05, 3.63) is 89.5 Å². The summed E-state index contributed by atoms with van der Waals surface area (Å²) in [5, 5.41) is 0. The molecule has 4 rings (SSSR count). The topological polar surface area (TPSA) is 38.7 Å². The van der Waals surface area contributed by atoms with Crippen LogP contribution in [0.25, 0.3) is 0 Å². The Labute approximate surface area is 156 Å². The highest BCUT2D eigenvalue weighted by atomic mass is 32.2. The number of hydrogen-bond donors (Lipinski definition) is 1. The second kappa shape index (κ2) is 7.85. The molecule has 132 valence electrons. The van der Waals surface area contributed by atoms with Crippen LogP contribution < -0.4 is 9.47 Å². The first kappa shape index (κ1) is 17.0. The van der Waals surface area contributed by atoms with Gasteiger partial charge in [-0.2, -0.15) is 4.55 Å². The molecule has 1 aliphatic rings. The van der Waals surface area contributed by atoms with E-state index >= 15 is 0 Å². The molecule has 26 heavy (non-hydrogen) atoms. The van der Waals surface area contributed by atoms with Crippen molar-refractivity contribution in [1.29, 1.82) is 0 Å². The predicted molar refractivity (Wildman–Crippen MR) is 105 cm³/mol. The summed E-state index contributed by atoms with van der Waals surface area (Å²) in [7, 11) is 0. The Kier molecular flexibility index (Phi) is 5.14. The van der Waals surface area contributed by atoms with Crippen molar-refractivity contribution >= 4 is 11.2 Å². The standard InChI is InChI=1S/C22H21O3S/c23-26-12-11-19-13-20(24-15-17-7-3-1-4-8-17)14-21(22(19)26)25-16-18-9-5-2-6-10-18/h1-10,13-14,23H,11-12,15-16H2/q+1. The minimum absolute atomic E-state index is 0.479. The van der Waals surface area contributed by atoms with Gasteiger partial charge in [0.05, 0.1) is 0 Å². The van der Waals surface area contributed by atoms with Crippen LogP contribution in [0.15, 0.2) is 77.7 Å². The van der Waals surface area contributed by atoms with E-state index in [1.54, 1.807) is 0 Å². The maximum atomic E-state index is 10.4. The maximum Gasteiger partial charge on any atom is 0.235 e. The van der Waals surface area contributed by atoms with Gasteiger partial charge in [-0.3, -0.25) is 0 Å². The number of ether oxygens (including phenoxy) is 2. The van der Waals surface area contributed by atoms with E-state index in [2.05, 4.69) is 0 Å². The third-order valence-corrected chi connectivity index (χ3v) is 5.92. The zero-order chi connectivity index (χ0) is 17.8. The lowest BCUT2D eigenvalue weighted by molar-refractivity contribution is 0.284. The monoisotopic (exact) mass is 365 g/mol. The van der Waals surface area contributed by atoms with Gasteiger partial charge in [-0.25, -0.2) is 0 Å². The van der Waals surface area contributed by atoms with Crippen LogP contribution in [0.1, 0.15) is 16.7 Å². The van der Waals surface area contributed by atoms with Crippen molar-refractivity contribution in [2.24, 2.45) is 0 Å². The number of aryl methyl sites for hydroxylation is 1. The van der Waals surface area contributed by atoms with Crippen molar-refractivity contribution in [3.8, 4) is 11.5 Å². The zero-order valence-electron chi connectivity index (χ0n) is 14.4. The fourth-order valence-corrected chi connectivity index (χ4v) is 4.49. The predicted octanol–water partition coefficient (Wildman–Crippen LogP) is 4.85. The first-order valence-electron chi connectivity index (χ1n) is 8.70. The van der Waals surface area contributed by atoms with E-state index < -0.39 is 11.2 Å². The van der Waals surface area contributed by atoms with Gasteiger partial charge in [0.15, 0.2) is 22.7 Å². The van der Waals surface area contributed by atoms with Gasteiger partial charge in [-0.05, 0) is 17.2 Å². The summed E-state index contributed by atoms with van der Waals surface area (Å²) in [6, 6.07) is 24.1. The quantitative estimate of drug-likeness (QED) is 0.635. The molecule has 3 nitrogen and oxygen atoms in total. The molecular formula is C22H21O3S+. The number of fused-ring (bicyclic) bond motifs is 1. The lowest BCUT2D eigenvalue weighted by Crippen LogP contribution is -2.04. The third-order valence-electron chi connectivity index (χ3n) is 4.39. The normalized spacial score (nSPS) is 15.5. The number of hydrogen-bond acceptors (Lipinski definition) is 3. The molecule has 3 aromatic rings. The lowest BCUT2D eigenvalue weighted by atomic mass is 10.1. The van der Waals surface area contributed by atoms with E-state index in [0.717, 1.165) is 45.3 Å². The van der Waals surface area contributed by atoms with E-state index in [0.29, 0.717) is 13.2 Å². The van der Waals surface area contributed by atoms with Crippen molar-refractivity contribution in [3.63, 3.8) is 0 Å². The van der Waals surface area contributed by atoms with Gasteiger partial charge < -0.3 is 9.47 Å². The van der Waals surface area contributed by atoms with Crippen LogP contribution in [-0.4, -0.2) is 10.3 Å². The van der Waals surface area contributed by atoms with Gasteiger partial charge >= 0.3 is 0 Å². The smallest absolute Gasteiger partial charge is 0.235 e. The van der Waals surface area contributed by atoms with Crippen molar-refractivity contribution in [1.82, 2.24) is 0 Å². The first-order valence-corrected chi connectivity index (χ1v) is 10.0. The van der Waals surface area contributed by atoms with E-state index in [1.165, 1.54) is 0 Å². The van der Waals surface area contributed by atoms with Gasteiger partial charge in [0, 0.05) is 18.1 Å². The Morgan fingerprint density at radius 1 is 0.808 bits per heavy atom. The Morgan fingerprint density at radius 2 is 1.42 bits per heavy atom. The molecule has 0 amide bonds. The largest absolute Gasteiger partial charge is 0.489 e. The highest BCUT2D eigenvalue weighted by Gasteiger charge is 2.36. The molecule has 1 aliphatic heterocycles. The van der Waals surface area contributed by atoms with E-state index in [9.17, 15) is 4.55 Å². The summed E-state index contributed by atoms with van der Waals surface area (Å²) < 4.78 is 22.4. The van der Waals surface area contributed by atoms with Crippen LogP contribution in [0.2, 0.25) is 0 Å². The molecule has 1 heterocycles. The van der Waals surface area contributed by atoms with Crippen molar-refractivity contribution in [2.45, 2.75) is 24.5 Å². The molecule has 0 aliphatic carbocycles. The van der Waals surface area contributed by atoms with Crippen LogP contribution in [0.4, 0.5) is 0 Å². The highest BCUT2D eigenvalue weighted by molar-refractivity contribution is 7.92. The Hall–Kier alpha value is -2.43. The summed E-state index contributed by atoms with van der Waals surface area (Å²) in [6.45, 7) is 0.995. The van der Waals surface area contributed by atoms with Crippen LogP contribution in [0.3, 0.4) is 0 Å². The highest BCUT2D eigenvalue weighted by Crippen LogP contribution is 2.38. The molecule has 1 unspecified atom stereocenters. The molecule has 3 aromatic carbocycles. The molecule has 0 saturated heterocycles.